The predicted molar refractivity (Wildman–Crippen MR) is 75.2 cm³/mol. The highest BCUT2D eigenvalue weighted by Gasteiger charge is 2.27. The van der Waals surface area contributed by atoms with Gasteiger partial charge in [0.25, 0.3) is 0 Å². The summed E-state index contributed by atoms with van der Waals surface area (Å²) in [6, 6.07) is 0. The highest BCUT2D eigenvalue weighted by molar-refractivity contribution is 7.91. The minimum Gasteiger partial charge on any atom is -0.396 e. The van der Waals surface area contributed by atoms with E-state index >= 15 is 0 Å². The van der Waals surface area contributed by atoms with Crippen LogP contribution in [0.4, 0.5) is 10.7 Å². The number of thiophene rings is 1. The molecule has 5 nitrogen and oxygen atoms in total. The van der Waals surface area contributed by atoms with Crippen LogP contribution in [0.2, 0.25) is 0 Å². The first kappa shape index (κ1) is 15.0. The molecule has 7 heteroatoms. The number of ketones is 1. The van der Waals surface area contributed by atoms with E-state index in [9.17, 15) is 13.2 Å². The Morgan fingerprint density at radius 2 is 1.94 bits per heavy atom. The lowest BCUT2D eigenvalue weighted by atomic mass is 10.2. The van der Waals surface area contributed by atoms with E-state index in [2.05, 4.69) is 5.32 Å². The van der Waals surface area contributed by atoms with Crippen molar-refractivity contribution in [3.63, 3.8) is 0 Å². The van der Waals surface area contributed by atoms with Gasteiger partial charge in [0, 0.05) is 13.0 Å². The molecule has 1 aromatic rings. The van der Waals surface area contributed by atoms with Crippen molar-refractivity contribution in [2.24, 2.45) is 0 Å². The predicted octanol–water partition coefficient (Wildman–Crippen LogP) is 2.15. The van der Waals surface area contributed by atoms with Gasteiger partial charge in [-0.15, -0.1) is 11.3 Å². The van der Waals surface area contributed by atoms with E-state index < -0.39 is 9.84 Å². The molecule has 1 rings (SSSR count). The lowest BCUT2D eigenvalue weighted by molar-refractivity contribution is 0.0992. The Bertz CT molecular complexity index is 547. The zero-order chi connectivity index (χ0) is 13.9. The topological polar surface area (TPSA) is 89.3 Å². The fourth-order valence-electron chi connectivity index (χ4n) is 1.53. The molecule has 0 aliphatic carbocycles. The third-order valence-corrected chi connectivity index (χ3v) is 5.64. The second kappa shape index (κ2) is 5.71. The first-order chi connectivity index (χ1) is 8.38. The summed E-state index contributed by atoms with van der Waals surface area (Å²) in [7, 11) is -3.43. The van der Waals surface area contributed by atoms with Crippen LogP contribution in [-0.4, -0.2) is 26.5 Å². The van der Waals surface area contributed by atoms with E-state index in [1.165, 1.54) is 0 Å². The average molecular weight is 290 g/mol. The Balaban J connectivity index is 3.48. The van der Waals surface area contributed by atoms with Gasteiger partial charge in [-0.2, -0.15) is 0 Å². The van der Waals surface area contributed by atoms with E-state index in [1.807, 2.05) is 6.92 Å². The van der Waals surface area contributed by atoms with Crippen molar-refractivity contribution < 1.29 is 13.2 Å². The molecular formula is C11H18N2O3S2. The van der Waals surface area contributed by atoms with Gasteiger partial charge in [-0.05, 0) is 6.92 Å². The molecule has 0 fully saturated rings. The lowest BCUT2D eigenvalue weighted by Gasteiger charge is -2.05. The van der Waals surface area contributed by atoms with E-state index in [1.54, 1.807) is 13.8 Å². The summed E-state index contributed by atoms with van der Waals surface area (Å²) >= 11 is 1.12. The molecule has 3 N–H and O–H groups in total. The van der Waals surface area contributed by atoms with Crippen LogP contribution in [0.5, 0.6) is 0 Å². The van der Waals surface area contributed by atoms with Crippen molar-refractivity contribution in [1.82, 2.24) is 0 Å². The van der Waals surface area contributed by atoms with Crippen molar-refractivity contribution in [2.75, 3.05) is 23.3 Å². The van der Waals surface area contributed by atoms with Gasteiger partial charge in [-0.1, -0.05) is 13.8 Å². The molecule has 0 saturated carbocycles. The maximum Gasteiger partial charge on any atom is 0.183 e. The number of sulfone groups is 1. The van der Waals surface area contributed by atoms with E-state index in [4.69, 9.17) is 5.73 Å². The lowest BCUT2D eigenvalue weighted by Crippen LogP contribution is -2.09. The van der Waals surface area contributed by atoms with E-state index in [0.717, 1.165) is 11.3 Å². The van der Waals surface area contributed by atoms with Crippen LogP contribution >= 0.6 is 11.3 Å². The maximum atomic E-state index is 12.0. The van der Waals surface area contributed by atoms with Gasteiger partial charge in [0.1, 0.15) is 9.90 Å². The SMILES string of the molecule is CCNc1sc(C(=O)CC)c(N)c1S(=O)(=O)CC. The molecule has 0 aromatic carbocycles. The van der Waals surface area contributed by atoms with Gasteiger partial charge in [0.2, 0.25) is 0 Å². The number of carbonyl (C=O) groups is 1. The molecule has 1 aromatic heterocycles. The Hall–Kier alpha value is -1.08. The normalized spacial score (nSPS) is 11.5. The Labute approximate surface area is 111 Å². The zero-order valence-corrected chi connectivity index (χ0v) is 12.4. The zero-order valence-electron chi connectivity index (χ0n) is 10.7. The van der Waals surface area contributed by atoms with Gasteiger partial charge in [0.05, 0.1) is 16.3 Å². The monoisotopic (exact) mass is 290 g/mol. The molecule has 0 radical (unpaired) electrons. The minimum absolute atomic E-state index is 0.0356. The highest BCUT2D eigenvalue weighted by Crippen LogP contribution is 2.40. The average Bonchev–Trinajstić information content (AvgIpc) is 2.66. The van der Waals surface area contributed by atoms with Crippen molar-refractivity contribution in [2.45, 2.75) is 32.1 Å². The molecule has 0 spiro atoms. The largest absolute Gasteiger partial charge is 0.396 e. The number of anilines is 2. The van der Waals surface area contributed by atoms with E-state index in [0.29, 0.717) is 22.8 Å². The van der Waals surface area contributed by atoms with Crippen LogP contribution in [0, 0.1) is 0 Å². The van der Waals surface area contributed by atoms with Gasteiger partial charge in [-0.25, -0.2) is 8.42 Å². The quantitative estimate of drug-likeness (QED) is 0.784. The molecule has 102 valence electrons. The molecule has 0 aliphatic heterocycles. The standard InChI is InChI=1S/C11H18N2O3S2/c1-4-7(14)9-8(12)10(18(15,16)6-3)11(17-9)13-5-2/h13H,4-6,12H2,1-3H3. The number of nitrogen functional groups attached to an aromatic ring is 1. The van der Waals surface area contributed by atoms with Crippen LogP contribution in [0.1, 0.15) is 36.9 Å². The number of rotatable bonds is 6. The second-order valence-electron chi connectivity index (χ2n) is 3.71. The maximum absolute atomic E-state index is 12.0. The summed E-state index contributed by atoms with van der Waals surface area (Å²) in [6.07, 6.45) is 0.307. The number of Topliss-reactive ketones (excluding diaryl/α,β-unsaturated/α-hetero) is 1. The fourth-order valence-corrected chi connectivity index (χ4v) is 4.27. The third-order valence-electron chi connectivity index (χ3n) is 2.50. The van der Waals surface area contributed by atoms with Crippen LogP contribution in [0.3, 0.4) is 0 Å². The molecule has 0 atom stereocenters. The number of carbonyl (C=O) groups excluding carboxylic acids is 1. The molecule has 1 heterocycles. The van der Waals surface area contributed by atoms with Crippen LogP contribution < -0.4 is 11.1 Å². The van der Waals surface area contributed by atoms with Gasteiger partial charge in [-0.3, -0.25) is 4.79 Å². The summed E-state index contributed by atoms with van der Waals surface area (Å²) in [4.78, 5) is 12.1. The van der Waals surface area contributed by atoms with E-state index in [-0.39, 0.29) is 22.1 Å². The van der Waals surface area contributed by atoms with Gasteiger partial charge in [0.15, 0.2) is 15.6 Å². The van der Waals surface area contributed by atoms with Gasteiger partial charge >= 0.3 is 0 Å². The summed E-state index contributed by atoms with van der Waals surface area (Å²) < 4.78 is 24.0. The minimum atomic E-state index is -3.43. The number of nitrogens with two attached hydrogens (primary N) is 1. The Morgan fingerprint density at radius 1 is 1.33 bits per heavy atom. The summed E-state index contributed by atoms with van der Waals surface area (Å²) in [5.41, 5.74) is 5.93. The molecule has 18 heavy (non-hydrogen) atoms. The third kappa shape index (κ3) is 2.67. The van der Waals surface area contributed by atoms with Crippen molar-refractivity contribution in [1.29, 1.82) is 0 Å². The number of nitrogens with one attached hydrogen (secondary N) is 1. The first-order valence-corrected chi connectivity index (χ1v) is 8.27. The molecule has 0 aliphatic rings. The van der Waals surface area contributed by atoms with Crippen molar-refractivity contribution in [3.8, 4) is 0 Å². The fraction of sp³-hybridized carbons (Fsp3) is 0.545. The molecule has 0 amide bonds. The molecule has 0 bridgehead atoms. The second-order valence-corrected chi connectivity index (χ2v) is 6.95. The summed E-state index contributed by atoms with van der Waals surface area (Å²) in [5.74, 6) is -0.166. The molecule has 0 unspecified atom stereocenters. The first-order valence-electron chi connectivity index (χ1n) is 5.81. The Kier molecular flexibility index (Phi) is 4.75. The van der Waals surface area contributed by atoms with Crippen molar-refractivity contribution in [3.05, 3.63) is 4.88 Å². The summed E-state index contributed by atoms with van der Waals surface area (Å²) in [6.45, 7) is 5.72. The van der Waals surface area contributed by atoms with Crippen LogP contribution in [0.25, 0.3) is 0 Å². The Morgan fingerprint density at radius 3 is 2.39 bits per heavy atom. The molecule has 0 saturated heterocycles. The number of hydrogen-bond donors (Lipinski definition) is 2. The summed E-state index contributed by atoms with van der Waals surface area (Å²) in [5, 5.41) is 3.43. The van der Waals surface area contributed by atoms with Crippen molar-refractivity contribution >= 4 is 37.6 Å². The number of hydrogen-bond acceptors (Lipinski definition) is 6. The molecular weight excluding hydrogens is 272 g/mol. The van der Waals surface area contributed by atoms with Gasteiger partial charge < -0.3 is 11.1 Å². The highest BCUT2D eigenvalue weighted by atomic mass is 32.2. The van der Waals surface area contributed by atoms with Crippen LogP contribution in [0.15, 0.2) is 4.90 Å². The smallest absolute Gasteiger partial charge is 0.183 e. The van der Waals surface area contributed by atoms with Crippen LogP contribution in [-0.2, 0) is 9.84 Å².